The molecule has 0 bridgehead atoms. The molecule has 0 unspecified atom stereocenters. The van der Waals surface area contributed by atoms with E-state index in [4.69, 9.17) is 16.9 Å². The van der Waals surface area contributed by atoms with Crippen LogP contribution >= 0.6 is 11.6 Å². The number of aromatic nitrogens is 1. The second kappa shape index (κ2) is 6.72. The number of carbonyl (C=O) groups is 1. The third-order valence-corrected chi connectivity index (χ3v) is 3.06. The summed E-state index contributed by atoms with van der Waals surface area (Å²) in [4.78, 5) is 34.0. The zero-order valence-corrected chi connectivity index (χ0v) is 12.3. The third kappa shape index (κ3) is 3.93. The van der Waals surface area contributed by atoms with E-state index in [-0.39, 0.29) is 0 Å². The number of nitriles is 1. The fourth-order valence-corrected chi connectivity index (χ4v) is 2.03. The maximum atomic E-state index is 12.0. The van der Waals surface area contributed by atoms with Gasteiger partial charge in [-0.25, -0.2) is 0 Å². The molecule has 0 saturated carbocycles. The maximum absolute atomic E-state index is 12.0. The monoisotopic (exact) mass is 332 g/mol. The highest BCUT2D eigenvalue weighted by Gasteiger charge is 2.15. The van der Waals surface area contributed by atoms with Crippen molar-refractivity contribution in [2.24, 2.45) is 0 Å². The van der Waals surface area contributed by atoms with Gasteiger partial charge >= 0.3 is 0 Å². The summed E-state index contributed by atoms with van der Waals surface area (Å²) in [7, 11) is 0. The van der Waals surface area contributed by atoms with Crippen molar-refractivity contribution in [3.05, 3.63) is 67.6 Å². The van der Waals surface area contributed by atoms with Crippen LogP contribution in [-0.4, -0.2) is 15.4 Å². The van der Waals surface area contributed by atoms with Gasteiger partial charge in [0.05, 0.1) is 11.1 Å². The van der Waals surface area contributed by atoms with Crippen molar-refractivity contribution in [3.63, 3.8) is 0 Å². The van der Waals surface area contributed by atoms with Crippen LogP contribution in [0.2, 0.25) is 5.02 Å². The lowest BCUT2D eigenvalue weighted by molar-refractivity contribution is -0.385. The summed E-state index contributed by atoms with van der Waals surface area (Å²) in [6, 6.07) is 8.81. The number of amides is 1. The third-order valence-electron chi connectivity index (χ3n) is 2.83. The van der Waals surface area contributed by atoms with Gasteiger partial charge in [0.25, 0.3) is 11.2 Å². The minimum atomic E-state index is -0.778. The molecule has 0 aliphatic rings. The van der Waals surface area contributed by atoms with Gasteiger partial charge in [-0.15, -0.1) is 0 Å². The highest BCUT2D eigenvalue weighted by atomic mass is 35.5. The Morgan fingerprint density at radius 3 is 2.78 bits per heavy atom. The lowest BCUT2D eigenvalue weighted by Crippen LogP contribution is -2.29. The Morgan fingerprint density at radius 2 is 2.17 bits per heavy atom. The van der Waals surface area contributed by atoms with Crippen LogP contribution in [0.5, 0.6) is 0 Å². The molecule has 2 rings (SSSR count). The van der Waals surface area contributed by atoms with E-state index < -0.39 is 34.2 Å². The van der Waals surface area contributed by atoms with Crippen LogP contribution in [0.15, 0.2) is 41.3 Å². The van der Waals surface area contributed by atoms with Crippen LogP contribution in [0.4, 0.5) is 11.4 Å². The van der Waals surface area contributed by atoms with Crippen LogP contribution in [-0.2, 0) is 11.3 Å². The number of anilines is 1. The van der Waals surface area contributed by atoms with Gasteiger partial charge < -0.3 is 5.32 Å². The van der Waals surface area contributed by atoms with Crippen LogP contribution in [0.3, 0.4) is 0 Å². The van der Waals surface area contributed by atoms with Crippen molar-refractivity contribution < 1.29 is 9.72 Å². The maximum Gasteiger partial charge on any atom is 0.287 e. The highest BCUT2D eigenvalue weighted by Crippen LogP contribution is 2.15. The quantitative estimate of drug-likeness (QED) is 0.677. The molecule has 1 heterocycles. The van der Waals surface area contributed by atoms with Gasteiger partial charge in [0.1, 0.15) is 18.2 Å². The second-order valence-electron chi connectivity index (χ2n) is 4.47. The zero-order valence-electron chi connectivity index (χ0n) is 11.5. The number of nitrogens with one attached hydrogen (secondary N) is 1. The molecule has 1 amide bonds. The Balaban J connectivity index is 2.27. The Hall–Kier alpha value is -3.18. The summed E-state index contributed by atoms with van der Waals surface area (Å²) < 4.78 is 0.816. The number of carbonyl (C=O) groups excluding carboxylic acids is 1. The molecule has 116 valence electrons. The minimum Gasteiger partial charge on any atom is -0.324 e. The smallest absolute Gasteiger partial charge is 0.287 e. The van der Waals surface area contributed by atoms with Crippen LogP contribution in [0.1, 0.15) is 5.56 Å². The number of rotatable bonds is 4. The SMILES string of the molecule is N#Cc1cc([N+](=O)[O-])cn(CC(=O)Nc2cccc(Cl)c2)c1=O. The predicted molar refractivity (Wildman–Crippen MR) is 82.2 cm³/mol. The van der Waals surface area contributed by atoms with Crippen LogP contribution in [0, 0.1) is 21.4 Å². The van der Waals surface area contributed by atoms with Gasteiger partial charge in [-0.1, -0.05) is 17.7 Å². The first-order valence-electron chi connectivity index (χ1n) is 6.25. The first-order chi connectivity index (χ1) is 10.9. The van der Waals surface area contributed by atoms with Crippen molar-refractivity contribution in [1.82, 2.24) is 4.57 Å². The van der Waals surface area contributed by atoms with Gasteiger partial charge in [0.2, 0.25) is 5.91 Å². The van der Waals surface area contributed by atoms with E-state index in [1.807, 2.05) is 0 Å². The van der Waals surface area contributed by atoms with E-state index >= 15 is 0 Å². The van der Waals surface area contributed by atoms with Crippen LogP contribution in [0.25, 0.3) is 0 Å². The normalized spacial score (nSPS) is 9.91. The van der Waals surface area contributed by atoms with E-state index in [1.54, 1.807) is 24.3 Å². The molecular formula is C14H9ClN4O4. The van der Waals surface area contributed by atoms with Crippen molar-refractivity contribution in [3.8, 4) is 6.07 Å². The molecule has 0 atom stereocenters. The number of nitro groups is 1. The lowest BCUT2D eigenvalue weighted by Gasteiger charge is -2.08. The summed E-state index contributed by atoms with van der Waals surface area (Å²) in [5.41, 5.74) is -1.22. The number of pyridine rings is 1. The lowest BCUT2D eigenvalue weighted by atomic mass is 10.2. The van der Waals surface area contributed by atoms with E-state index in [9.17, 15) is 19.7 Å². The first kappa shape index (κ1) is 16.2. The fraction of sp³-hybridized carbons (Fsp3) is 0.0714. The molecule has 8 nitrogen and oxygen atoms in total. The summed E-state index contributed by atoms with van der Waals surface area (Å²) in [6.45, 7) is -0.471. The van der Waals surface area contributed by atoms with Gasteiger partial charge in [-0.05, 0) is 18.2 Å². The summed E-state index contributed by atoms with van der Waals surface area (Å²) in [6.07, 6.45) is 0.917. The summed E-state index contributed by atoms with van der Waals surface area (Å²) in [5, 5.41) is 22.6. The molecule has 9 heteroatoms. The van der Waals surface area contributed by atoms with Gasteiger partial charge in [0, 0.05) is 16.8 Å². The average molecular weight is 333 g/mol. The standard InChI is InChI=1S/C14H9ClN4O4/c15-10-2-1-3-11(5-10)17-13(20)8-18-7-12(19(22)23)4-9(6-16)14(18)21/h1-5,7H,8H2,(H,17,20). The Kier molecular flexibility index (Phi) is 4.73. The van der Waals surface area contributed by atoms with Crippen molar-refractivity contribution in [1.29, 1.82) is 5.26 Å². The van der Waals surface area contributed by atoms with Gasteiger partial charge in [0.15, 0.2) is 0 Å². The molecular weight excluding hydrogens is 324 g/mol. The zero-order chi connectivity index (χ0) is 17.0. The van der Waals surface area contributed by atoms with Crippen molar-refractivity contribution in [2.75, 3.05) is 5.32 Å². The average Bonchev–Trinajstić information content (AvgIpc) is 2.49. The van der Waals surface area contributed by atoms with E-state index in [2.05, 4.69) is 5.32 Å². The van der Waals surface area contributed by atoms with E-state index in [0.717, 1.165) is 16.8 Å². The number of halogens is 1. The largest absolute Gasteiger partial charge is 0.324 e. The molecule has 1 N–H and O–H groups in total. The van der Waals surface area contributed by atoms with Crippen molar-refractivity contribution in [2.45, 2.75) is 6.54 Å². The predicted octanol–water partition coefficient (Wildman–Crippen LogP) is 1.92. The molecule has 23 heavy (non-hydrogen) atoms. The molecule has 0 spiro atoms. The van der Waals surface area contributed by atoms with E-state index in [0.29, 0.717) is 10.7 Å². The van der Waals surface area contributed by atoms with E-state index in [1.165, 1.54) is 6.07 Å². The molecule has 0 saturated heterocycles. The molecule has 0 aliphatic heterocycles. The molecule has 1 aromatic carbocycles. The molecule has 0 radical (unpaired) electrons. The number of benzene rings is 1. The Labute approximate surface area is 134 Å². The second-order valence-corrected chi connectivity index (χ2v) is 4.91. The fourth-order valence-electron chi connectivity index (χ4n) is 1.84. The number of hydrogen-bond acceptors (Lipinski definition) is 5. The summed E-state index contributed by atoms with van der Waals surface area (Å²) in [5.74, 6) is -0.584. The molecule has 1 aromatic heterocycles. The first-order valence-corrected chi connectivity index (χ1v) is 6.63. The minimum absolute atomic E-state index is 0.408. The Bertz CT molecular complexity index is 885. The van der Waals surface area contributed by atoms with Gasteiger partial charge in [-0.3, -0.25) is 24.3 Å². The summed E-state index contributed by atoms with van der Waals surface area (Å²) >= 11 is 5.79. The number of hydrogen-bond donors (Lipinski definition) is 1. The molecule has 0 fully saturated rings. The molecule has 0 aliphatic carbocycles. The van der Waals surface area contributed by atoms with Gasteiger partial charge in [-0.2, -0.15) is 5.26 Å². The Morgan fingerprint density at radius 1 is 1.43 bits per heavy atom. The number of nitrogens with zero attached hydrogens (tertiary/aromatic N) is 3. The molecule has 2 aromatic rings. The highest BCUT2D eigenvalue weighted by molar-refractivity contribution is 6.30. The van der Waals surface area contributed by atoms with Crippen LogP contribution < -0.4 is 10.9 Å². The van der Waals surface area contributed by atoms with Crippen molar-refractivity contribution >= 4 is 28.9 Å². The topological polar surface area (TPSA) is 118 Å².